The molecule has 3 aromatic rings. The molecule has 0 radical (unpaired) electrons. The molecule has 226 valence electrons. The van der Waals surface area contributed by atoms with Gasteiger partial charge in [0, 0.05) is 77.0 Å². The maximum absolute atomic E-state index is 14.0. The van der Waals surface area contributed by atoms with Gasteiger partial charge in [0.05, 0.1) is 11.6 Å². The second-order valence-corrected chi connectivity index (χ2v) is 13.3. The van der Waals surface area contributed by atoms with Crippen molar-refractivity contribution in [3.8, 4) is 0 Å². The summed E-state index contributed by atoms with van der Waals surface area (Å²) >= 11 is 0. The molecule has 1 aromatic heterocycles. The summed E-state index contributed by atoms with van der Waals surface area (Å²) < 4.78 is 29.6. The molecule has 2 saturated heterocycles. The Balaban J connectivity index is 1.31. The monoisotopic (exact) mass is 592 g/mol. The van der Waals surface area contributed by atoms with Crippen LogP contribution in [-0.2, 0) is 14.8 Å². The van der Waals surface area contributed by atoms with E-state index in [0.29, 0.717) is 45.0 Å². The predicted octanol–water partition coefficient (Wildman–Crippen LogP) is 3.90. The maximum atomic E-state index is 14.0. The van der Waals surface area contributed by atoms with E-state index in [0.717, 1.165) is 55.6 Å². The summed E-state index contributed by atoms with van der Waals surface area (Å²) in [6.45, 7) is 10.4. The Bertz CT molecular complexity index is 1450. The lowest BCUT2D eigenvalue weighted by Gasteiger charge is -2.39. The highest BCUT2D eigenvalue weighted by molar-refractivity contribution is 7.89. The summed E-state index contributed by atoms with van der Waals surface area (Å²) in [6, 6.07) is 19.5. The molecule has 0 bridgehead atoms. The molecule has 2 fully saturated rings. The summed E-state index contributed by atoms with van der Waals surface area (Å²) in [6.07, 6.45) is 2.86. The van der Waals surface area contributed by atoms with Gasteiger partial charge in [-0.05, 0) is 57.4 Å². The van der Waals surface area contributed by atoms with Crippen LogP contribution in [0.2, 0.25) is 0 Å². The van der Waals surface area contributed by atoms with Crippen molar-refractivity contribution in [1.29, 1.82) is 0 Å². The van der Waals surface area contributed by atoms with Crippen molar-refractivity contribution < 1.29 is 13.2 Å². The summed E-state index contributed by atoms with van der Waals surface area (Å²) in [5, 5.41) is 0.804. The first-order valence-electron chi connectivity index (χ1n) is 15.2. The topological polar surface area (TPSA) is 80.3 Å². The van der Waals surface area contributed by atoms with Crippen LogP contribution in [0.4, 0.5) is 11.5 Å². The van der Waals surface area contributed by atoms with Crippen LogP contribution in [0.5, 0.6) is 0 Å². The quantitative estimate of drug-likeness (QED) is 0.334. The zero-order valence-electron chi connectivity index (χ0n) is 25.2. The lowest BCUT2D eigenvalue weighted by molar-refractivity contribution is -0.135. The van der Waals surface area contributed by atoms with Crippen LogP contribution in [0.25, 0.3) is 10.9 Å². The zero-order chi connectivity index (χ0) is 29.7. The Kier molecular flexibility index (Phi) is 9.65. The largest absolute Gasteiger partial charge is 0.372 e. The first-order valence-corrected chi connectivity index (χ1v) is 16.7. The van der Waals surface area contributed by atoms with Gasteiger partial charge in [-0.1, -0.05) is 36.4 Å². The fraction of sp³-hybridized carbons (Fsp3) is 0.500. The lowest BCUT2D eigenvalue weighted by atomic mass is 10.2. The fourth-order valence-corrected chi connectivity index (χ4v) is 7.45. The minimum Gasteiger partial charge on any atom is -0.372 e. The van der Waals surface area contributed by atoms with Gasteiger partial charge in [0.2, 0.25) is 15.9 Å². The zero-order valence-corrected chi connectivity index (χ0v) is 26.0. The lowest BCUT2D eigenvalue weighted by Crippen LogP contribution is -2.54. The van der Waals surface area contributed by atoms with E-state index in [1.165, 1.54) is 4.31 Å². The number of para-hydroxylation sites is 2. The number of pyridine rings is 1. The summed E-state index contributed by atoms with van der Waals surface area (Å²) in [5.41, 5.74) is 1.91. The number of aromatic nitrogens is 1. The second-order valence-electron chi connectivity index (χ2n) is 11.3. The molecule has 10 heteroatoms. The van der Waals surface area contributed by atoms with Crippen LogP contribution < -0.4 is 9.80 Å². The third-order valence-electron chi connectivity index (χ3n) is 8.70. The van der Waals surface area contributed by atoms with Gasteiger partial charge in [-0.2, -0.15) is 0 Å². The molecule has 0 N–H and O–H groups in total. The number of rotatable bonds is 11. The highest BCUT2D eigenvalue weighted by Gasteiger charge is 2.33. The molecule has 1 atom stereocenters. The molecule has 0 spiro atoms. The van der Waals surface area contributed by atoms with E-state index in [9.17, 15) is 13.2 Å². The molecule has 5 rings (SSSR count). The second kappa shape index (κ2) is 13.4. The fourth-order valence-electron chi connectivity index (χ4n) is 6.06. The van der Waals surface area contributed by atoms with Gasteiger partial charge in [0.15, 0.2) is 0 Å². The number of nitrogens with zero attached hydrogens (tertiary/aromatic N) is 6. The highest BCUT2D eigenvalue weighted by atomic mass is 32.2. The Morgan fingerprint density at radius 3 is 2.29 bits per heavy atom. The van der Waals surface area contributed by atoms with Crippen molar-refractivity contribution in [2.24, 2.45) is 0 Å². The van der Waals surface area contributed by atoms with Gasteiger partial charge in [-0.15, -0.1) is 0 Å². The molecule has 1 unspecified atom stereocenters. The molecule has 1 amide bonds. The Labute approximate surface area is 250 Å². The van der Waals surface area contributed by atoms with Gasteiger partial charge >= 0.3 is 0 Å². The number of fused-ring (bicyclic) bond motifs is 1. The van der Waals surface area contributed by atoms with E-state index >= 15 is 0 Å². The number of carbonyl (C=O) groups is 1. The molecule has 0 aliphatic carbocycles. The molecule has 42 heavy (non-hydrogen) atoms. The van der Waals surface area contributed by atoms with Crippen molar-refractivity contribution in [3.63, 3.8) is 0 Å². The van der Waals surface area contributed by atoms with Gasteiger partial charge in [0.1, 0.15) is 10.7 Å². The van der Waals surface area contributed by atoms with Crippen LogP contribution >= 0.6 is 0 Å². The molecule has 0 saturated carbocycles. The average Bonchev–Trinajstić information content (AvgIpc) is 3.57. The van der Waals surface area contributed by atoms with Crippen molar-refractivity contribution in [2.75, 3.05) is 75.8 Å². The van der Waals surface area contributed by atoms with Crippen LogP contribution in [0.15, 0.2) is 65.6 Å². The summed E-state index contributed by atoms with van der Waals surface area (Å²) in [5.74, 6) is 0.696. The average molecular weight is 593 g/mol. The van der Waals surface area contributed by atoms with Crippen LogP contribution in [0.1, 0.15) is 33.1 Å². The van der Waals surface area contributed by atoms with Gasteiger partial charge < -0.3 is 14.7 Å². The standard InChI is InChI=1S/C32H44N6O3S/c1-4-35(28-14-6-5-7-15-28)20-12-17-34(3)42(40,41)30-25-27-13-8-9-16-29(27)33-31(30)37-23-21-36(22-24-37)26(2)32(39)38-18-10-11-19-38/h5-9,13-16,25-26H,4,10-12,17-24H2,1-3H3. The first kappa shape index (κ1) is 30.3. The third-order valence-corrected chi connectivity index (χ3v) is 10.6. The smallest absolute Gasteiger partial charge is 0.246 e. The van der Waals surface area contributed by atoms with E-state index in [2.05, 4.69) is 33.8 Å². The Hall–Kier alpha value is -3.21. The Morgan fingerprint density at radius 2 is 1.60 bits per heavy atom. The number of hydrogen-bond donors (Lipinski definition) is 0. The number of sulfonamides is 1. The van der Waals surface area contributed by atoms with Crippen molar-refractivity contribution in [3.05, 3.63) is 60.7 Å². The van der Waals surface area contributed by atoms with Crippen LogP contribution in [-0.4, -0.2) is 105 Å². The molecule has 2 aliphatic rings. The van der Waals surface area contributed by atoms with Crippen molar-refractivity contribution >= 4 is 38.3 Å². The minimum absolute atomic E-state index is 0.178. The number of amides is 1. The van der Waals surface area contributed by atoms with Gasteiger partial charge in [-0.3, -0.25) is 9.69 Å². The molecular formula is C32H44N6O3S. The molecule has 9 nitrogen and oxygen atoms in total. The van der Waals surface area contributed by atoms with E-state index in [1.807, 2.05) is 54.3 Å². The number of anilines is 2. The molecule has 3 heterocycles. The van der Waals surface area contributed by atoms with E-state index in [1.54, 1.807) is 13.1 Å². The number of likely N-dealkylation sites (tertiary alicyclic amines) is 1. The first-order chi connectivity index (χ1) is 20.3. The van der Waals surface area contributed by atoms with Crippen LogP contribution in [0.3, 0.4) is 0 Å². The molecular weight excluding hydrogens is 548 g/mol. The van der Waals surface area contributed by atoms with Crippen LogP contribution in [0, 0.1) is 0 Å². The van der Waals surface area contributed by atoms with Gasteiger partial charge in [-0.25, -0.2) is 17.7 Å². The summed E-state index contributed by atoms with van der Waals surface area (Å²) in [4.78, 5) is 26.7. The summed E-state index contributed by atoms with van der Waals surface area (Å²) in [7, 11) is -2.13. The maximum Gasteiger partial charge on any atom is 0.246 e. The normalized spacial score (nSPS) is 17.2. The number of benzene rings is 2. The molecule has 2 aromatic carbocycles. The minimum atomic E-state index is -3.80. The van der Waals surface area contributed by atoms with E-state index in [4.69, 9.17) is 4.98 Å². The Morgan fingerprint density at radius 1 is 0.929 bits per heavy atom. The number of piperazine rings is 1. The predicted molar refractivity (Wildman–Crippen MR) is 170 cm³/mol. The number of hydrogen-bond acceptors (Lipinski definition) is 7. The van der Waals surface area contributed by atoms with E-state index < -0.39 is 10.0 Å². The van der Waals surface area contributed by atoms with Crippen molar-refractivity contribution in [1.82, 2.24) is 19.1 Å². The van der Waals surface area contributed by atoms with Crippen molar-refractivity contribution in [2.45, 2.75) is 44.0 Å². The van der Waals surface area contributed by atoms with Gasteiger partial charge in [0.25, 0.3) is 0 Å². The SMILES string of the molecule is CCN(CCCN(C)S(=O)(=O)c1cc2ccccc2nc1N1CCN(C(C)C(=O)N2CCCC2)CC1)c1ccccc1. The highest BCUT2D eigenvalue weighted by Crippen LogP contribution is 2.31. The van der Waals surface area contributed by atoms with E-state index in [-0.39, 0.29) is 16.8 Å². The third kappa shape index (κ3) is 6.55. The molecule has 2 aliphatic heterocycles. The number of carbonyl (C=O) groups excluding carboxylic acids is 1.